The Bertz CT molecular complexity index is 223. The summed E-state index contributed by atoms with van der Waals surface area (Å²) < 4.78 is 0. The molecular formula is C17H34N2. The average Bonchev–Trinajstić information content (AvgIpc) is 2.80. The van der Waals surface area contributed by atoms with E-state index in [0.29, 0.717) is 5.41 Å². The van der Waals surface area contributed by atoms with E-state index in [1.165, 1.54) is 90.4 Å². The first-order valence-electron chi connectivity index (χ1n) is 8.78. The Morgan fingerprint density at radius 3 is 2.00 bits per heavy atom. The van der Waals surface area contributed by atoms with Gasteiger partial charge >= 0.3 is 0 Å². The van der Waals surface area contributed by atoms with Crippen molar-refractivity contribution < 1.29 is 0 Å². The summed E-state index contributed by atoms with van der Waals surface area (Å²) in [5.74, 6) is 0. The lowest BCUT2D eigenvalue weighted by Gasteiger charge is -2.38. The van der Waals surface area contributed by atoms with Crippen LogP contribution in [0.1, 0.15) is 71.1 Å². The highest BCUT2D eigenvalue weighted by molar-refractivity contribution is 4.87. The molecule has 0 atom stereocenters. The fourth-order valence-electron chi connectivity index (χ4n) is 4.03. The minimum absolute atomic E-state index is 0.580. The maximum absolute atomic E-state index is 3.67. The van der Waals surface area contributed by atoms with E-state index in [9.17, 15) is 0 Å². The van der Waals surface area contributed by atoms with E-state index in [4.69, 9.17) is 0 Å². The topological polar surface area (TPSA) is 15.3 Å². The smallest absolute Gasteiger partial charge is 0.00501 e. The molecule has 112 valence electrons. The maximum atomic E-state index is 3.67. The van der Waals surface area contributed by atoms with Gasteiger partial charge in [0.15, 0.2) is 0 Å². The van der Waals surface area contributed by atoms with Crippen LogP contribution < -0.4 is 5.32 Å². The molecule has 2 rings (SSSR count). The monoisotopic (exact) mass is 266 g/mol. The van der Waals surface area contributed by atoms with Gasteiger partial charge < -0.3 is 10.2 Å². The molecule has 0 radical (unpaired) electrons. The van der Waals surface area contributed by atoms with Crippen molar-refractivity contribution in [3.05, 3.63) is 0 Å². The number of rotatable bonds is 5. The predicted octanol–water partition coefficient (Wildman–Crippen LogP) is 3.81. The van der Waals surface area contributed by atoms with E-state index >= 15 is 0 Å². The first kappa shape index (κ1) is 15.3. The summed E-state index contributed by atoms with van der Waals surface area (Å²) in [7, 11) is 0. The summed E-state index contributed by atoms with van der Waals surface area (Å²) >= 11 is 0. The van der Waals surface area contributed by atoms with Crippen LogP contribution in [0.25, 0.3) is 0 Å². The molecule has 0 aromatic rings. The fraction of sp³-hybridized carbons (Fsp3) is 1.00. The normalized spacial score (nSPS) is 25.7. The second-order valence-electron chi connectivity index (χ2n) is 6.88. The van der Waals surface area contributed by atoms with Gasteiger partial charge in [-0.15, -0.1) is 0 Å². The first-order valence-corrected chi connectivity index (χ1v) is 8.78. The molecule has 0 spiro atoms. The van der Waals surface area contributed by atoms with Crippen LogP contribution >= 0.6 is 0 Å². The number of nitrogens with zero attached hydrogens (tertiary/aromatic N) is 1. The highest BCUT2D eigenvalue weighted by atomic mass is 15.1. The third kappa shape index (κ3) is 5.07. The Morgan fingerprint density at radius 2 is 1.42 bits per heavy atom. The van der Waals surface area contributed by atoms with E-state index in [0.717, 1.165) is 6.54 Å². The minimum atomic E-state index is 0.580. The van der Waals surface area contributed by atoms with E-state index < -0.39 is 0 Å². The molecule has 0 bridgehead atoms. The van der Waals surface area contributed by atoms with E-state index in [-0.39, 0.29) is 0 Å². The summed E-state index contributed by atoms with van der Waals surface area (Å²) in [6.45, 7) is 8.69. The Labute approximate surface area is 120 Å². The van der Waals surface area contributed by atoms with Crippen molar-refractivity contribution >= 4 is 0 Å². The van der Waals surface area contributed by atoms with Gasteiger partial charge in [0.05, 0.1) is 0 Å². The Morgan fingerprint density at radius 1 is 0.842 bits per heavy atom. The van der Waals surface area contributed by atoms with Crippen LogP contribution in [0.5, 0.6) is 0 Å². The van der Waals surface area contributed by atoms with Crippen molar-refractivity contribution in [3.63, 3.8) is 0 Å². The van der Waals surface area contributed by atoms with Crippen LogP contribution in [0.3, 0.4) is 0 Å². The summed E-state index contributed by atoms with van der Waals surface area (Å²) in [5, 5.41) is 3.67. The third-order valence-electron chi connectivity index (χ3n) is 5.17. The predicted molar refractivity (Wildman–Crippen MR) is 83.6 cm³/mol. The summed E-state index contributed by atoms with van der Waals surface area (Å²) in [6.07, 6.45) is 14.5. The largest absolute Gasteiger partial charge is 0.316 e. The van der Waals surface area contributed by atoms with Crippen LogP contribution in [0.15, 0.2) is 0 Å². The molecule has 1 saturated heterocycles. The lowest BCUT2D eigenvalue weighted by atomic mass is 9.79. The number of hydrogen-bond acceptors (Lipinski definition) is 2. The van der Waals surface area contributed by atoms with Crippen molar-refractivity contribution in [2.45, 2.75) is 71.1 Å². The van der Waals surface area contributed by atoms with Crippen LogP contribution in [-0.2, 0) is 0 Å². The highest BCUT2D eigenvalue weighted by Gasteiger charge is 2.32. The van der Waals surface area contributed by atoms with Crippen LogP contribution in [0.2, 0.25) is 0 Å². The number of likely N-dealkylation sites (tertiary alicyclic amines) is 1. The summed E-state index contributed by atoms with van der Waals surface area (Å²) in [6, 6.07) is 0. The quantitative estimate of drug-likeness (QED) is 0.761. The molecule has 0 amide bonds. The van der Waals surface area contributed by atoms with Crippen molar-refractivity contribution in [3.8, 4) is 0 Å². The van der Waals surface area contributed by atoms with Gasteiger partial charge in [-0.25, -0.2) is 0 Å². The maximum Gasteiger partial charge on any atom is 0.00501 e. The molecule has 1 heterocycles. The van der Waals surface area contributed by atoms with Gasteiger partial charge in [0.2, 0.25) is 0 Å². The minimum Gasteiger partial charge on any atom is -0.316 e. The van der Waals surface area contributed by atoms with Crippen molar-refractivity contribution in [2.24, 2.45) is 5.41 Å². The van der Waals surface area contributed by atoms with Gasteiger partial charge in [-0.05, 0) is 50.7 Å². The zero-order valence-electron chi connectivity index (χ0n) is 13.1. The van der Waals surface area contributed by atoms with Gasteiger partial charge in [0.1, 0.15) is 0 Å². The average molecular weight is 266 g/mol. The van der Waals surface area contributed by atoms with Crippen LogP contribution in [0, 0.1) is 5.41 Å². The van der Waals surface area contributed by atoms with Gasteiger partial charge in [-0.1, -0.05) is 45.4 Å². The van der Waals surface area contributed by atoms with E-state index in [1.807, 2.05) is 0 Å². The van der Waals surface area contributed by atoms with Crippen molar-refractivity contribution in [1.29, 1.82) is 0 Å². The van der Waals surface area contributed by atoms with Gasteiger partial charge in [-0.2, -0.15) is 0 Å². The first-order chi connectivity index (χ1) is 9.35. The summed E-state index contributed by atoms with van der Waals surface area (Å²) in [4.78, 5) is 2.79. The van der Waals surface area contributed by atoms with E-state index in [2.05, 4.69) is 17.1 Å². The molecule has 2 nitrogen and oxygen atoms in total. The molecule has 0 aromatic heterocycles. The zero-order chi connectivity index (χ0) is 13.4. The lowest BCUT2D eigenvalue weighted by molar-refractivity contribution is 0.130. The Hall–Kier alpha value is -0.0800. The summed E-state index contributed by atoms with van der Waals surface area (Å²) in [5.41, 5.74) is 0.580. The molecule has 1 N–H and O–H groups in total. The highest BCUT2D eigenvalue weighted by Crippen LogP contribution is 2.36. The standard InChI is InChI=1S/C17H34N2/c1-2-18-15-17(11-7-3-4-8-12-17)16-19-13-9-5-6-10-14-19/h18H,2-16H2,1H3. The molecule has 1 aliphatic heterocycles. The zero-order valence-corrected chi connectivity index (χ0v) is 13.1. The van der Waals surface area contributed by atoms with Gasteiger partial charge in [0, 0.05) is 13.1 Å². The van der Waals surface area contributed by atoms with Gasteiger partial charge in [-0.3, -0.25) is 0 Å². The molecule has 2 fully saturated rings. The van der Waals surface area contributed by atoms with Crippen molar-refractivity contribution in [1.82, 2.24) is 10.2 Å². The molecule has 19 heavy (non-hydrogen) atoms. The molecule has 0 aromatic carbocycles. The SMILES string of the molecule is CCNCC1(CN2CCCCCC2)CCCCCC1. The second kappa shape index (κ2) is 8.26. The van der Waals surface area contributed by atoms with E-state index in [1.54, 1.807) is 0 Å². The molecule has 0 unspecified atom stereocenters. The lowest BCUT2D eigenvalue weighted by Crippen LogP contribution is -2.44. The van der Waals surface area contributed by atoms with Crippen LogP contribution in [-0.4, -0.2) is 37.6 Å². The molecule has 1 saturated carbocycles. The fourth-order valence-corrected chi connectivity index (χ4v) is 4.03. The molecule has 2 heteroatoms. The number of nitrogens with one attached hydrogen (secondary N) is 1. The third-order valence-corrected chi connectivity index (χ3v) is 5.17. The van der Waals surface area contributed by atoms with Crippen molar-refractivity contribution in [2.75, 3.05) is 32.7 Å². The molecule has 2 aliphatic rings. The second-order valence-corrected chi connectivity index (χ2v) is 6.88. The Balaban J connectivity index is 1.94. The van der Waals surface area contributed by atoms with Gasteiger partial charge in [0.25, 0.3) is 0 Å². The Kier molecular flexibility index (Phi) is 6.66. The molecule has 1 aliphatic carbocycles. The van der Waals surface area contributed by atoms with Crippen LogP contribution in [0.4, 0.5) is 0 Å². The molecular weight excluding hydrogens is 232 g/mol. The number of hydrogen-bond donors (Lipinski definition) is 1.